The van der Waals surface area contributed by atoms with Crippen molar-refractivity contribution in [2.45, 2.75) is 19.9 Å². The maximum absolute atomic E-state index is 10.3. The molecule has 4 rings (SSSR count). The standard InChI is InChI=1S/C21H24N4O/c1-14-8-9-16-18(12-14)22-20(17-6-4-5-7-19(17)26)23-21(16)25-11-10-24(3)15(2)13-25/h4-9,12,15,26H,10-11,13H2,1-3H3. The number of piperazine rings is 1. The Bertz CT molecular complexity index is 956. The van der Waals surface area contributed by atoms with E-state index in [0.717, 1.165) is 41.9 Å². The highest BCUT2D eigenvalue weighted by atomic mass is 16.3. The number of hydrogen-bond acceptors (Lipinski definition) is 5. The van der Waals surface area contributed by atoms with E-state index < -0.39 is 0 Å². The molecule has 1 aromatic heterocycles. The van der Waals surface area contributed by atoms with Gasteiger partial charge in [0.25, 0.3) is 0 Å². The van der Waals surface area contributed by atoms with E-state index >= 15 is 0 Å². The summed E-state index contributed by atoms with van der Waals surface area (Å²) >= 11 is 0. The second kappa shape index (κ2) is 6.57. The van der Waals surface area contributed by atoms with Gasteiger partial charge in [-0.2, -0.15) is 0 Å². The van der Waals surface area contributed by atoms with Crippen molar-refractivity contribution in [2.75, 3.05) is 31.6 Å². The van der Waals surface area contributed by atoms with Crippen LogP contribution in [0.25, 0.3) is 22.3 Å². The summed E-state index contributed by atoms with van der Waals surface area (Å²) in [5.74, 6) is 1.73. The first kappa shape index (κ1) is 16.8. The molecule has 26 heavy (non-hydrogen) atoms. The highest BCUT2D eigenvalue weighted by Gasteiger charge is 2.24. The number of para-hydroxylation sites is 1. The van der Waals surface area contributed by atoms with Crippen LogP contribution in [0.5, 0.6) is 5.75 Å². The number of phenols is 1. The molecule has 2 aromatic carbocycles. The summed E-state index contributed by atoms with van der Waals surface area (Å²) in [5, 5.41) is 11.3. The summed E-state index contributed by atoms with van der Waals surface area (Å²) in [6, 6.07) is 14.0. The van der Waals surface area contributed by atoms with Crippen molar-refractivity contribution in [2.24, 2.45) is 0 Å². The van der Waals surface area contributed by atoms with Crippen LogP contribution >= 0.6 is 0 Å². The SMILES string of the molecule is Cc1ccc2c(N3CCN(C)C(C)C3)nc(-c3ccccc3O)nc2c1. The van der Waals surface area contributed by atoms with E-state index in [4.69, 9.17) is 9.97 Å². The zero-order valence-electron chi connectivity index (χ0n) is 15.5. The fourth-order valence-electron chi connectivity index (χ4n) is 3.49. The highest BCUT2D eigenvalue weighted by Crippen LogP contribution is 2.32. The first-order valence-electron chi connectivity index (χ1n) is 9.05. The predicted octanol–water partition coefficient (Wildman–Crippen LogP) is 3.45. The monoisotopic (exact) mass is 348 g/mol. The minimum atomic E-state index is 0.206. The first-order chi connectivity index (χ1) is 12.5. The van der Waals surface area contributed by atoms with Crippen LogP contribution in [0.15, 0.2) is 42.5 Å². The van der Waals surface area contributed by atoms with Crippen LogP contribution < -0.4 is 4.90 Å². The van der Waals surface area contributed by atoms with Crippen LogP contribution in [0.1, 0.15) is 12.5 Å². The Balaban J connectivity index is 1.89. The van der Waals surface area contributed by atoms with Crippen LogP contribution in [-0.4, -0.2) is 52.7 Å². The number of hydrogen-bond donors (Lipinski definition) is 1. The van der Waals surface area contributed by atoms with Crippen molar-refractivity contribution in [3.05, 3.63) is 48.0 Å². The average molecular weight is 348 g/mol. The van der Waals surface area contributed by atoms with Gasteiger partial charge >= 0.3 is 0 Å². The molecule has 0 aliphatic carbocycles. The normalized spacial score (nSPS) is 18.4. The average Bonchev–Trinajstić information content (AvgIpc) is 2.63. The molecule has 1 aliphatic heterocycles. The second-order valence-corrected chi connectivity index (χ2v) is 7.18. The molecule has 5 nitrogen and oxygen atoms in total. The number of anilines is 1. The third-order valence-corrected chi connectivity index (χ3v) is 5.24. The van der Waals surface area contributed by atoms with Gasteiger partial charge in [-0.1, -0.05) is 18.2 Å². The summed E-state index contributed by atoms with van der Waals surface area (Å²) in [7, 11) is 2.16. The Hall–Kier alpha value is -2.66. The van der Waals surface area contributed by atoms with E-state index in [1.165, 1.54) is 0 Å². The molecule has 0 bridgehead atoms. The maximum Gasteiger partial charge on any atom is 0.165 e. The molecule has 134 valence electrons. The lowest BCUT2D eigenvalue weighted by molar-refractivity contribution is 0.233. The van der Waals surface area contributed by atoms with E-state index in [1.807, 2.05) is 18.2 Å². The molecular weight excluding hydrogens is 324 g/mol. The zero-order chi connectivity index (χ0) is 18.3. The van der Waals surface area contributed by atoms with Crippen LogP contribution in [0, 0.1) is 6.92 Å². The van der Waals surface area contributed by atoms with Gasteiger partial charge < -0.3 is 14.9 Å². The van der Waals surface area contributed by atoms with Gasteiger partial charge in [0.2, 0.25) is 0 Å². The number of benzene rings is 2. The van der Waals surface area contributed by atoms with Gasteiger partial charge in [0.05, 0.1) is 11.1 Å². The van der Waals surface area contributed by atoms with Gasteiger partial charge in [0, 0.05) is 31.1 Å². The molecule has 1 N–H and O–H groups in total. The Labute approximate surface area is 153 Å². The van der Waals surface area contributed by atoms with Crippen molar-refractivity contribution >= 4 is 16.7 Å². The minimum Gasteiger partial charge on any atom is -0.507 e. The van der Waals surface area contributed by atoms with Gasteiger partial charge in [-0.3, -0.25) is 0 Å². The van der Waals surface area contributed by atoms with Crippen molar-refractivity contribution in [3.63, 3.8) is 0 Å². The van der Waals surface area contributed by atoms with Gasteiger partial charge in [-0.05, 0) is 50.7 Å². The summed E-state index contributed by atoms with van der Waals surface area (Å²) < 4.78 is 0. The molecule has 0 amide bonds. The van der Waals surface area contributed by atoms with E-state index in [-0.39, 0.29) is 5.75 Å². The minimum absolute atomic E-state index is 0.206. The largest absolute Gasteiger partial charge is 0.507 e. The molecule has 1 aliphatic rings. The molecule has 2 heterocycles. The van der Waals surface area contributed by atoms with Gasteiger partial charge in [0.1, 0.15) is 11.6 Å². The lowest BCUT2D eigenvalue weighted by Crippen LogP contribution is -2.50. The number of aromatic hydroxyl groups is 1. The summed E-state index contributed by atoms with van der Waals surface area (Å²) in [6.07, 6.45) is 0. The maximum atomic E-state index is 10.3. The molecule has 5 heteroatoms. The Morgan fingerprint density at radius 3 is 2.65 bits per heavy atom. The fraction of sp³-hybridized carbons (Fsp3) is 0.333. The van der Waals surface area contributed by atoms with Gasteiger partial charge in [-0.25, -0.2) is 9.97 Å². The van der Waals surface area contributed by atoms with Crippen molar-refractivity contribution in [1.82, 2.24) is 14.9 Å². The van der Waals surface area contributed by atoms with E-state index in [9.17, 15) is 5.11 Å². The van der Waals surface area contributed by atoms with Crippen LogP contribution in [0.3, 0.4) is 0 Å². The third kappa shape index (κ3) is 2.99. The number of phenolic OH excluding ortho intramolecular Hbond substituents is 1. The number of rotatable bonds is 2. The zero-order valence-corrected chi connectivity index (χ0v) is 15.5. The summed E-state index contributed by atoms with van der Waals surface area (Å²) in [6.45, 7) is 7.17. The van der Waals surface area contributed by atoms with Crippen molar-refractivity contribution in [1.29, 1.82) is 0 Å². The molecule has 1 saturated heterocycles. The summed E-state index contributed by atoms with van der Waals surface area (Å²) in [5.41, 5.74) is 2.75. The fourth-order valence-corrected chi connectivity index (χ4v) is 3.49. The number of aromatic nitrogens is 2. The summed E-state index contributed by atoms with van der Waals surface area (Å²) in [4.78, 5) is 14.3. The molecular formula is C21H24N4O. The van der Waals surface area contributed by atoms with Crippen LogP contribution in [0.4, 0.5) is 5.82 Å². The first-order valence-corrected chi connectivity index (χ1v) is 9.05. The van der Waals surface area contributed by atoms with Crippen LogP contribution in [0.2, 0.25) is 0 Å². The third-order valence-electron chi connectivity index (χ3n) is 5.24. The molecule has 3 aromatic rings. The predicted molar refractivity (Wildman–Crippen MR) is 106 cm³/mol. The quantitative estimate of drug-likeness (QED) is 0.769. The Morgan fingerprint density at radius 1 is 1.08 bits per heavy atom. The highest BCUT2D eigenvalue weighted by molar-refractivity contribution is 5.92. The topological polar surface area (TPSA) is 52.5 Å². The lowest BCUT2D eigenvalue weighted by Gasteiger charge is -2.38. The number of fused-ring (bicyclic) bond motifs is 1. The van der Waals surface area contributed by atoms with E-state index in [2.05, 4.69) is 48.9 Å². The van der Waals surface area contributed by atoms with Crippen molar-refractivity contribution < 1.29 is 5.11 Å². The van der Waals surface area contributed by atoms with E-state index in [0.29, 0.717) is 17.4 Å². The Morgan fingerprint density at radius 2 is 1.88 bits per heavy atom. The smallest absolute Gasteiger partial charge is 0.165 e. The molecule has 0 radical (unpaired) electrons. The molecule has 0 spiro atoms. The number of aryl methyl sites for hydroxylation is 1. The van der Waals surface area contributed by atoms with Crippen LogP contribution in [-0.2, 0) is 0 Å². The van der Waals surface area contributed by atoms with E-state index in [1.54, 1.807) is 6.07 Å². The van der Waals surface area contributed by atoms with Crippen molar-refractivity contribution in [3.8, 4) is 17.1 Å². The van der Waals surface area contributed by atoms with Gasteiger partial charge in [0.15, 0.2) is 5.82 Å². The molecule has 1 atom stereocenters. The van der Waals surface area contributed by atoms with Gasteiger partial charge in [-0.15, -0.1) is 0 Å². The second-order valence-electron chi connectivity index (χ2n) is 7.18. The molecule has 1 unspecified atom stereocenters. The Kier molecular flexibility index (Phi) is 4.24. The number of nitrogens with zero attached hydrogens (tertiary/aromatic N) is 4. The molecule has 0 saturated carbocycles. The number of likely N-dealkylation sites (N-methyl/N-ethyl adjacent to an activating group) is 1. The lowest BCUT2D eigenvalue weighted by atomic mass is 10.1. The molecule has 1 fully saturated rings.